The molecule has 4 heteroatoms. The molecular weight excluding hydrogens is 230 g/mol. The van der Waals surface area contributed by atoms with E-state index in [0.717, 1.165) is 6.21 Å². The Morgan fingerprint density at radius 1 is 1.28 bits per heavy atom. The van der Waals surface area contributed by atoms with Crippen LogP contribution in [0.1, 0.15) is 30.6 Å². The number of carboxylic acids is 1. The molecule has 1 unspecified atom stereocenters. The third-order valence-electron chi connectivity index (χ3n) is 2.41. The standard InChI is InChI=1S/C14H17NO3/c1-10(2)8-12(14(17)18)15-9-13(16)11-6-4-3-5-7-11/h3-7,9-10,12H,8H2,1-2H3,(H,17,18). The summed E-state index contributed by atoms with van der Waals surface area (Å²) in [7, 11) is 0. The molecule has 0 saturated carbocycles. The van der Waals surface area contributed by atoms with Gasteiger partial charge < -0.3 is 5.11 Å². The van der Waals surface area contributed by atoms with Gasteiger partial charge in [-0.3, -0.25) is 9.79 Å². The fourth-order valence-electron chi connectivity index (χ4n) is 1.51. The first-order valence-electron chi connectivity index (χ1n) is 5.86. The minimum absolute atomic E-state index is 0.218. The van der Waals surface area contributed by atoms with E-state index in [1.165, 1.54) is 0 Å². The molecule has 0 fully saturated rings. The third kappa shape index (κ3) is 4.49. The number of aliphatic imine (C=N–C) groups is 1. The van der Waals surface area contributed by atoms with Crippen LogP contribution in [0.2, 0.25) is 0 Å². The molecule has 1 aromatic rings. The summed E-state index contributed by atoms with van der Waals surface area (Å²) in [5.41, 5.74) is 0.509. The highest BCUT2D eigenvalue weighted by Gasteiger charge is 2.17. The maximum Gasteiger partial charge on any atom is 0.328 e. The number of ketones is 1. The molecule has 1 N–H and O–H groups in total. The number of benzene rings is 1. The van der Waals surface area contributed by atoms with Crippen molar-refractivity contribution in [2.75, 3.05) is 0 Å². The van der Waals surface area contributed by atoms with Gasteiger partial charge in [0, 0.05) is 5.56 Å². The van der Waals surface area contributed by atoms with Crippen LogP contribution in [0.3, 0.4) is 0 Å². The van der Waals surface area contributed by atoms with Crippen LogP contribution in [-0.2, 0) is 4.79 Å². The van der Waals surface area contributed by atoms with E-state index in [2.05, 4.69) is 4.99 Å². The molecule has 4 nitrogen and oxygen atoms in total. The van der Waals surface area contributed by atoms with Gasteiger partial charge in [-0.2, -0.15) is 0 Å². The topological polar surface area (TPSA) is 66.7 Å². The number of rotatable bonds is 6. The summed E-state index contributed by atoms with van der Waals surface area (Å²) in [5, 5.41) is 8.98. The van der Waals surface area contributed by atoms with E-state index >= 15 is 0 Å². The molecule has 1 rings (SSSR count). The molecule has 18 heavy (non-hydrogen) atoms. The molecule has 96 valence electrons. The van der Waals surface area contributed by atoms with Gasteiger partial charge in [0.25, 0.3) is 0 Å². The van der Waals surface area contributed by atoms with Crippen molar-refractivity contribution in [3.05, 3.63) is 35.9 Å². The maximum atomic E-state index is 11.7. The van der Waals surface area contributed by atoms with Gasteiger partial charge in [0.05, 0.1) is 6.21 Å². The number of hydrogen-bond donors (Lipinski definition) is 1. The van der Waals surface area contributed by atoms with Crippen LogP contribution in [0.25, 0.3) is 0 Å². The summed E-state index contributed by atoms with van der Waals surface area (Å²) < 4.78 is 0. The summed E-state index contributed by atoms with van der Waals surface area (Å²) in [6, 6.07) is 7.82. The smallest absolute Gasteiger partial charge is 0.328 e. The van der Waals surface area contributed by atoms with Crippen LogP contribution in [-0.4, -0.2) is 29.1 Å². The van der Waals surface area contributed by atoms with Gasteiger partial charge in [-0.1, -0.05) is 44.2 Å². The number of carboxylic acid groups (broad SMARTS) is 1. The normalized spacial score (nSPS) is 12.8. The van der Waals surface area contributed by atoms with Gasteiger partial charge in [-0.15, -0.1) is 0 Å². The Labute approximate surface area is 106 Å². The Hall–Kier alpha value is -1.97. The van der Waals surface area contributed by atoms with E-state index < -0.39 is 12.0 Å². The monoisotopic (exact) mass is 247 g/mol. The summed E-state index contributed by atoms with van der Waals surface area (Å²) in [6.45, 7) is 3.84. The highest BCUT2D eigenvalue weighted by Crippen LogP contribution is 2.08. The van der Waals surface area contributed by atoms with E-state index in [0.29, 0.717) is 12.0 Å². The Kier molecular flexibility index (Phi) is 5.24. The predicted molar refractivity (Wildman–Crippen MR) is 70.1 cm³/mol. The number of carbonyl (C=O) groups is 2. The van der Waals surface area contributed by atoms with Crippen molar-refractivity contribution in [3.8, 4) is 0 Å². The van der Waals surface area contributed by atoms with E-state index in [4.69, 9.17) is 5.11 Å². The van der Waals surface area contributed by atoms with E-state index in [1.807, 2.05) is 19.9 Å². The third-order valence-corrected chi connectivity index (χ3v) is 2.41. The van der Waals surface area contributed by atoms with Crippen molar-refractivity contribution in [1.29, 1.82) is 0 Å². The Bertz CT molecular complexity index is 438. The molecule has 0 amide bonds. The van der Waals surface area contributed by atoms with Crippen molar-refractivity contribution >= 4 is 18.0 Å². The fourth-order valence-corrected chi connectivity index (χ4v) is 1.51. The van der Waals surface area contributed by atoms with Gasteiger partial charge >= 0.3 is 5.97 Å². The average molecular weight is 247 g/mol. The zero-order valence-electron chi connectivity index (χ0n) is 10.5. The van der Waals surface area contributed by atoms with Crippen molar-refractivity contribution in [2.45, 2.75) is 26.3 Å². The number of nitrogens with zero attached hydrogens (tertiary/aromatic N) is 1. The van der Waals surface area contributed by atoms with Crippen molar-refractivity contribution in [3.63, 3.8) is 0 Å². The molecule has 0 aliphatic heterocycles. The number of Topliss-reactive ketones (excluding diaryl/α,β-unsaturated/α-hetero) is 1. The second kappa shape index (κ2) is 6.69. The van der Waals surface area contributed by atoms with Crippen LogP contribution in [0.5, 0.6) is 0 Å². The van der Waals surface area contributed by atoms with Gasteiger partial charge in [-0.25, -0.2) is 4.79 Å². The highest BCUT2D eigenvalue weighted by molar-refractivity contribution is 6.35. The average Bonchev–Trinajstić information content (AvgIpc) is 2.34. The number of hydrogen-bond acceptors (Lipinski definition) is 3. The maximum absolute atomic E-state index is 11.7. The van der Waals surface area contributed by atoms with Crippen LogP contribution < -0.4 is 0 Å². The second-order valence-electron chi connectivity index (χ2n) is 4.49. The Morgan fingerprint density at radius 2 is 1.89 bits per heavy atom. The van der Waals surface area contributed by atoms with E-state index in [9.17, 15) is 9.59 Å². The zero-order valence-corrected chi connectivity index (χ0v) is 10.5. The largest absolute Gasteiger partial charge is 0.480 e. The minimum Gasteiger partial charge on any atom is -0.480 e. The summed E-state index contributed by atoms with van der Waals surface area (Å²) in [5.74, 6) is -1.05. The molecule has 0 aliphatic rings. The van der Waals surface area contributed by atoms with E-state index in [1.54, 1.807) is 24.3 Å². The first-order valence-corrected chi connectivity index (χ1v) is 5.86. The first kappa shape index (κ1) is 14.1. The Morgan fingerprint density at radius 3 is 2.39 bits per heavy atom. The lowest BCUT2D eigenvalue weighted by atomic mass is 10.0. The minimum atomic E-state index is -0.999. The molecule has 1 atom stereocenters. The molecule has 0 heterocycles. The lowest BCUT2D eigenvalue weighted by Crippen LogP contribution is -2.21. The van der Waals surface area contributed by atoms with Gasteiger partial charge in [0.2, 0.25) is 5.78 Å². The van der Waals surface area contributed by atoms with Crippen LogP contribution in [0, 0.1) is 5.92 Å². The van der Waals surface area contributed by atoms with E-state index in [-0.39, 0.29) is 11.7 Å². The first-order chi connectivity index (χ1) is 8.50. The summed E-state index contributed by atoms with van der Waals surface area (Å²) in [6.07, 6.45) is 1.53. The summed E-state index contributed by atoms with van der Waals surface area (Å²) >= 11 is 0. The zero-order chi connectivity index (χ0) is 13.5. The fraction of sp³-hybridized carbons (Fsp3) is 0.357. The second-order valence-corrected chi connectivity index (χ2v) is 4.49. The number of aliphatic carboxylic acids is 1. The lowest BCUT2D eigenvalue weighted by Gasteiger charge is -2.09. The van der Waals surface area contributed by atoms with Crippen molar-refractivity contribution < 1.29 is 14.7 Å². The van der Waals surface area contributed by atoms with Gasteiger partial charge in [0.15, 0.2) is 0 Å². The van der Waals surface area contributed by atoms with Gasteiger partial charge in [0.1, 0.15) is 6.04 Å². The molecule has 0 aliphatic carbocycles. The molecule has 0 saturated heterocycles. The predicted octanol–water partition coefficient (Wildman–Crippen LogP) is 2.44. The van der Waals surface area contributed by atoms with Gasteiger partial charge in [-0.05, 0) is 12.3 Å². The van der Waals surface area contributed by atoms with Crippen LogP contribution in [0.15, 0.2) is 35.3 Å². The van der Waals surface area contributed by atoms with Crippen LogP contribution in [0.4, 0.5) is 0 Å². The van der Waals surface area contributed by atoms with Crippen LogP contribution >= 0.6 is 0 Å². The molecule has 0 spiro atoms. The molecular formula is C14H17NO3. The SMILES string of the molecule is CC(C)CC(N=CC(=O)c1ccccc1)C(=O)O. The number of carbonyl (C=O) groups excluding carboxylic acids is 1. The molecule has 0 bridgehead atoms. The Balaban J connectivity index is 2.72. The van der Waals surface area contributed by atoms with Crippen molar-refractivity contribution in [2.24, 2.45) is 10.9 Å². The molecule has 0 radical (unpaired) electrons. The molecule has 0 aromatic heterocycles. The quantitative estimate of drug-likeness (QED) is 0.620. The molecule has 1 aromatic carbocycles. The summed E-state index contributed by atoms with van der Waals surface area (Å²) in [4.78, 5) is 26.5. The highest BCUT2D eigenvalue weighted by atomic mass is 16.4. The van der Waals surface area contributed by atoms with Crippen molar-refractivity contribution in [1.82, 2.24) is 0 Å². The lowest BCUT2D eigenvalue weighted by molar-refractivity contribution is -0.138.